The number of rotatable bonds is 4. The lowest BCUT2D eigenvalue weighted by Crippen LogP contribution is -2.49. The molecule has 1 rings (SSSR count). The van der Waals surface area contributed by atoms with E-state index in [9.17, 15) is 9.59 Å². The van der Waals surface area contributed by atoms with E-state index in [1.807, 2.05) is 18.7 Å². The molecule has 0 saturated carbocycles. The quantitative estimate of drug-likeness (QED) is 0.777. The molecule has 5 heteroatoms. The molecule has 2 atom stereocenters. The van der Waals surface area contributed by atoms with Crippen molar-refractivity contribution in [3.63, 3.8) is 0 Å². The second kappa shape index (κ2) is 5.84. The molecule has 1 saturated heterocycles. The van der Waals surface area contributed by atoms with Gasteiger partial charge in [0.1, 0.15) is 13.2 Å². The Balaban J connectivity index is 2.41. The number of hydrogen-bond acceptors (Lipinski definition) is 3. The maximum atomic E-state index is 11.8. The van der Waals surface area contributed by atoms with Crippen LogP contribution in [-0.2, 0) is 14.3 Å². The van der Waals surface area contributed by atoms with Crippen LogP contribution in [0.25, 0.3) is 0 Å². The minimum Gasteiger partial charge on any atom is -0.480 e. The third-order valence-electron chi connectivity index (χ3n) is 2.93. The molecule has 16 heavy (non-hydrogen) atoms. The molecule has 1 fully saturated rings. The van der Waals surface area contributed by atoms with Crippen LogP contribution in [-0.4, -0.2) is 47.2 Å². The van der Waals surface area contributed by atoms with Gasteiger partial charge in [-0.25, -0.2) is 4.79 Å². The van der Waals surface area contributed by atoms with Crippen molar-refractivity contribution in [2.24, 2.45) is 0 Å². The molecule has 0 spiro atoms. The van der Waals surface area contributed by atoms with Gasteiger partial charge in [0.25, 0.3) is 0 Å². The van der Waals surface area contributed by atoms with Gasteiger partial charge in [-0.05, 0) is 33.1 Å². The number of hydrogen-bond donors (Lipinski definition) is 1. The highest BCUT2D eigenvalue weighted by Gasteiger charge is 2.28. The first kappa shape index (κ1) is 13.0. The van der Waals surface area contributed by atoms with E-state index in [0.29, 0.717) is 0 Å². The molecule has 0 radical (unpaired) electrons. The zero-order chi connectivity index (χ0) is 12.1. The molecule has 0 aromatic rings. The van der Waals surface area contributed by atoms with E-state index >= 15 is 0 Å². The van der Waals surface area contributed by atoms with Crippen LogP contribution in [0.1, 0.15) is 33.1 Å². The van der Waals surface area contributed by atoms with Crippen LogP contribution >= 0.6 is 0 Å². The van der Waals surface area contributed by atoms with Crippen LogP contribution in [0.3, 0.4) is 0 Å². The lowest BCUT2D eigenvalue weighted by Gasteiger charge is -2.39. The van der Waals surface area contributed by atoms with Crippen molar-refractivity contribution in [2.75, 3.05) is 13.2 Å². The van der Waals surface area contributed by atoms with Gasteiger partial charge in [0.15, 0.2) is 0 Å². The van der Waals surface area contributed by atoms with Crippen LogP contribution in [0.4, 0.5) is 0 Å². The van der Waals surface area contributed by atoms with E-state index in [0.717, 1.165) is 19.3 Å². The molecule has 5 nitrogen and oxygen atoms in total. The number of carboxylic acids is 1. The fourth-order valence-electron chi connectivity index (χ4n) is 2.21. The van der Waals surface area contributed by atoms with Gasteiger partial charge in [-0.15, -0.1) is 0 Å². The predicted molar refractivity (Wildman–Crippen MR) is 58.1 cm³/mol. The molecular weight excluding hydrogens is 210 g/mol. The van der Waals surface area contributed by atoms with E-state index in [1.54, 1.807) is 0 Å². The second-order valence-corrected chi connectivity index (χ2v) is 4.32. The minimum absolute atomic E-state index is 0.110. The molecule has 0 aromatic heterocycles. The molecule has 0 aliphatic carbocycles. The van der Waals surface area contributed by atoms with Crippen molar-refractivity contribution in [1.82, 2.24) is 4.90 Å². The summed E-state index contributed by atoms with van der Waals surface area (Å²) in [5, 5.41) is 8.39. The molecule has 2 unspecified atom stereocenters. The first-order valence-electron chi connectivity index (χ1n) is 5.63. The second-order valence-electron chi connectivity index (χ2n) is 4.32. The Labute approximate surface area is 95.4 Å². The van der Waals surface area contributed by atoms with Gasteiger partial charge in [-0.1, -0.05) is 0 Å². The fraction of sp³-hybridized carbons (Fsp3) is 0.818. The van der Waals surface area contributed by atoms with Gasteiger partial charge in [0, 0.05) is 12.1 Å². The molecular formula is C11H19NO4. The number of nitrogens with zero attached hydrogens (tertiary/aromatic N) is 1. The maximum Gasteiger partial charge on any atom is 0.329 e. The van der Waals surface area contributed by atoms with E-state index in [-0.39, 0.29) is 24.6 Å². The third kappa shape index (κ3) is 3.48. The largest absolute Gasteiger partial charge is 0.480 e. The summed E-state index contributed by atoms with van der Waals surface area (Å²) < 4.78 is 4.82. The normalized spacial score (nSPS) is 25.5. The summed E-state index contributed by atoms with van der Waals surface area (Å²) in [7, 11) is 0. The number of carbonyl (C=O) groups excluding carboxylic acids is 1. The van der Waals surface area contributed by atoms with Crippen molar-refractivity contribution in [3.8, 4) is 0 Å². The van der Waals surface area contributed by atoms with Crippen LogP contribution in [0.2, 0.25) is 0 Å². The first-order chi connectivity index (χ1) is 7.52. The van der Waals surface area contributed by atoms with Gasteiger partial charge in [-0.2, -0.15) is 0 Å². The Kier molecular flexibility index (Phi) is 4.73. The summed E-state index contributed by atoms with van der Waals surface area (Å²) in [4.78, 5) is 23.9. The molecule has 1 N–H and O–H groups in total. The number of piperidine rings is 1. The van der Waals surface area contributed by atoms with Gasteiger partial charge in [0.2, 0.25) is 5.91 Å². The molecule has 1 heterocycles. The fourth-order valence-corrected chi connectivity index (χ4v) is 2.21. The maximum absolute atomic E-state index is 11.8. The molecule has 0 aromatic carbocycles. The highest BCUT2D eigenvalue weighted by molar-refractivity contribution is 5.78. The van der Waals surface area contributed by atoms with Crippen LogP contribution < -0.4 is 0 Å². The smallest absolute Gasteiger partial charge is 0.329 e. The van der Waals surface area contributed by atoms with Crippen molar-refractivity contribution in [3.05, 3.63) is 0 Å². The summed E-state index contributed by atoms with van der Waals surface area (Å²) in [6, 6.07) is 0.453. The summed E-state index contributed by atoms with van der Waals surface area (Å²) in [5.74, 6) is -1.16. The van der Waals surface area contributed by atoms with Gasteiger partial charge >= 0.3 is 5.97 Å². The summed E-state index contributed by atoms with van der Waals surface area (Å²) in [6.45, 7) is 3.48. The average Bonchev–Trinajstić information content (AvgIpc) is 2.16. The van der Waals surface area contributed by atoms with Crippen molar-refractivity contribution < 1.29 is 19.4 Å². The van der Waals surface area contributed by atoms with Gasteiger partial charge < -0.3 is 14.7 Å². The Bertz CT molecular complexity index is 257. The molecule has 92 valence electrons. The SMILES string of the molecule is CC1CCCC(C)N1C(=O)COCC(=O)O. The van der Waals surface area contributed by atoms with Crippen molar-refractivity contribution in [2.45, 2.75) is 45.2 Å². The predicted octanol–water partition coefficient (Wildman–Crippen LogP) is 0.877. The van der Waals surface area contributed by atoms with Crippen molar-refractivity contribution in [1.29, 1.82) is 0 Å². The van der Waals surface area contributed by atoms with E-state index < -0.39 is 12.6 Å². The number of aliphatic carboxylic acids is 1. The zero-order valence-electron chi connectivity index (χ0n) is 9.81. The standard InChI is InChI=1S/C11H19NO4/c1-8-4-3-5-9(2)12(8)10(13)6-16-7-11(14)15/h8-9H,3-7H2,1-2H3,(H,14,15). The van der Waals surface area contributed by atoms with Gasteiger partial charge in [-0.3, -0.25) is 4.79 Å². The van der Waals surface area contributed by atoms with E-state index in [1.165, 1.54) is 0 Å². The average molecular weight is 229 g/mol. The first-order valence-corrected chi connectivity index (χ1v) is 5.63. The molecule has 1 aliphatic rings. The van der Waals surface area contributed by atoms with Crippen LogP contribution in [0.15, 0.2) is 0 Å². The lowest BCUT2D eigenvalue weighted by molar-refractivity contribution is -0.148. The number of amides is 1. The highest BCUT2D eigenvalue weighted by atomic mass is 16.5. The topological polar surface area (TPSA) is 66.8 Å². The van der Waals surface area contributed by atoms with Crippen molar-refractivity contribution >= 4 is 11.9 Å². The Morgan fingerprint density at radius 1 is 1.25 bits per heavy atom. The number of carbonyl (C=O) groups is 2. The zero-order valence-corrected chi connectivity index (χ0v) is 9.81. The number of likely N-dealkylation sites (tertiary alicyclic amines) is 1. The minimum atomic E-state index is -1.05. The number of carboxylic acid groups (broad SMARTS) is 1. The Hall–Kier alpha value is -1.10. The highest BCUT2D eigenvalue weighted by Crippen LogP contribution is 2.22. The van der Waals surface area contributed by atoms with Crippen LogP contribution in [0, 0.1) is 0 Å². The Morgan fingerprint density at radius 3 is 2.31 bits per heavy atom. The molecule has 0 bridgehead atoms. The summed E-state index contributed by atoms with van der Waals surface area (Å²) in [6.07, 6.45) is 3.16. The summed E-state index contributed by atoms with van der Waals surface area (Å²) in [5.41, 5.74) is 0. The summed E-state index contributed by atoms with van der Waals surface area (Å²) >= 11 is 0. The van der Waals surface area contributed by atoms with E-state index in [4.69, 9.17) is 9.84 Å². The van der Waals surface area contributed by atoms with Crippen LogP contribution in [0.5, 0.6) is 0 Å². The van der Waals surface area contributed by atoms with Gasteiger partial charge in [0.05, 0.1) is 0 Å². The third-order valence-corrected chi connectivity index (χ3v) is 2.93. The Morgan fingerprint density at radius 2 is 1.81 bits per heavy atom. The molecule has 1 aliphatic heterocycles. The monoisotopic (exact) mass is 229 g/mol. The van der Waals surface area contributed by atoms with E-state index in [2.05, 4.69) is 0 Å². The number of ether oxygens (including phenoxy) is 1. The lowest BCUT2D eigenvalue weighted by atomic mass is 9.97. The molecule has 1 amide bonds.